The van der Waals surface area contributed by atoms with Crippen LogP contribution in [0.3, 0.4) is 0 Å². The highest BCUT2D eigenvalue weighted by Gasteiger charge is 2.21. The Morgan fingerprint density at radius 3 is 2.77 bits per heavy atom. The summed E-state index contributed by atoms with van der Waals surface area (Å²) in [6.07, 6.45) is 4.59. The van der Waals surface area contributed by atoms with Gasteiger partial charge in [-0.2, -0.15) is 5.26 Å². The van der Waals surface area contributed by atoms with Crippen LogP contribution in [-0.4, -0.2) is 19.1 Å². The lowest BCUT2D eigenvalue weighted by molar-refractivity contribution is -0.140. The Hall–Kier alpha value is -2.02. The predicted molar refractivity (Wildman–Crippen MR) is 86.5 cm³/mol. The van der Waals surface area contributed by atoms with E-state index in [4.69, 9.17) is 10.00 Å². The van der Waals surface area contributed by atoms with E-state index in [0.717, 1.165) is 36.9 Å². The second-order valence-corrected chi connectivity index (χ2v) is 6.14. The van der Waals surface area contributed by atoms with Crippen molar-refractivity contribution in [2.75, 3.05) is 12.4 Å². The molecule has 0 bridgehead atoms. The highest BCUT2D eigenvalue weighted by Crippen LogP contribution is 2.27. The van der Waals surface area contributed by atoms with Crippen LogP contribution in [0, 0.1) is 17.2 Å². The third-order valence-corrected chi connectivity index (χ3v) is 4.41. The SMILES string of the molecule is COC(=O)CC(C)c1ccc(NC2CCCC(C#N)C2)cc1. The van der Waals surface area contributed by atoms with Crippen molar-refractivity contribution in [1.29, 1.82) is 5.26 Å². The molecule has 1 aliphatic rings. The van der Waals surface area contributed by atoms with Gasteiger partial charge in [0.15, 0.2) is 0 Å². The van der Waals surface area contributed by atoms with Crippen molar-refractivity contribution in [1.82, 2.24) is 0 Å². The minimum atomic E-state index is -0.181. The zero-order valence-corrected chi connectivity index (χ0v) is 13.3. The van der Waals surface area contributed by atoms with Crippen LogP contribution in [0.5, 0.6) is 0 Å². The maximum Gasteiger partial charge on any atom is 0.306 e. The van der Waals surface area contributed by atoms with Crippen molar-refractivity contribution in [3.63, 3.8) is 0 Å². The highest BCUT2D eigenvalue weighted by molar-refractivity contribution is 5.70. The summed E-state index contributed by atoms with van der Waals surface area (Å²) in [5, 5.41) is 12.6. The van der Waals surface area contributed by atoms with Crippen LogP contribution in [0.2, 0.25) is 0 Å². The molecular weight excluding hydrogens is 276 g/mol. The third kappa shape index (κ3) is 4.49. The molecule has 22 heavy (non-hydrogen) atoms. The largest absolute Gasteiger partial charge is 0.469 e. The molecule has 3 atom stereocenters. The monoisotopic (exact) mass is 300 g/mol. The number of rotatable bonds is 5. The smallest absolute Gasteiger partial charge is 0.306 e. The molecule has 0 spiro atoms. The van der Waals surface area contributed by atoms with E-state index in [0.29, 0.717) is 12.5 Å². The van der Waals surface area contributed by atoms with Gasteiger partial charge in [0.1, 0.15) is 0 Å². The molecule has 1 aliphatic carbocycles. The maximum absolute atomic E-state index is 11.3. The molecule has 0 aliphatic heterocycles. The highest BCUT2D eigenvalue weighted by atomic mass is 16.5. The van der Waals surface area contributed by atoms with Gasteiger partial charge in [0.05, 0.1) is 19.6 Å². The molecule has 0 aromatic heterocycles. The molecule has 118 valence electrons. The van der Waals surface area contributed by atoms with Gasteiger partial charge in [-0.05, 0) is 42.9 Å². The van der Waals surface area contributed by atoms with Gasteiger partial charge < -0.3 is 10.1 Å². The molecule has 0 amide bonds. The van der Waals surface area contributed by atoms with E-state index in [1.165, 1.54) is 7.11 Å². The van der Waals surface area contributed by atoms with Crippen molar-refractivity contribution >= 4 is 11.7 Å². The Kier molecular flexibility index (Phi) is 5.83. The Balaban J connectivity index is 1.91. The number of nitriles is 1. The summed E-state index contributed by atoms with van der Waals surface area (Å²) in [7, 11) is 1.42. The predicted octanol–water partition coefficient (Wildman–Crippen LogP) is 3.85. The fraction of sp³-hybridized carbons (Fsp3) is 0.556. The van der Waals surface area contributed by atoms with Gasteiger partial charge in [-0.3, -0.25) is 4.79 Å². The van der Waals surface area contributed by atoms with Gasteiger partial charge in [-0.15, -0.1) is 0 Å². The Morgan fingerprint density at radius 1 is 1.41 bits per heavy atom. The van der Waals surface area contributed by atoms with Crippen LogP contribution in [0.15, 0.2) is 24.3 Å². The summed E-state index contributed by atoms with van der Waals surface area (Å²) >= 11 is 0. The molecule has 0 heterocycles. The number of nitrogens with zero attached hydrogens (tertiary/aromatic N) is 1. The van der Waals surface area contributed by atoms with E-state index in [-0.39, 0.29) is 17.8 Å². The van der Waals surface area contributed by atoms with E-state index in [9.17, 15) is 4.79 Å². The fourth-order valence-corrected chi connectivity index (χ4v) is 3.03. The van der Waals surface area contributed by atoms with Crippen molar-refractivity contribution in [2.24, 2.45) is 5.92 Å². The summed E-state index contributed by atoms with van der Waals surface area (Å²) in [6, 6.07) is 11.0. The molecule has 1 fully saturated rings. The Morgan fingerprint density at radius 2 is 2.14 bits per heavy atom. The average Bonchev–Trinajstić information content (AvgIpc) is 2.55. The number of hydrogen-bond acceptors (Lipinski definition) is 4. The average molecular weight is 300 g/mol. The van der Waals surface area contributed by atoms with Gasteiger partial charge in [-0.25, -0.2) is 0 Å². The molecule has 1 N–H and O–H groups in total. The first-order valence-electron chi connectivity index (χ1n) is 7.95. The van der Waals surface area contributed by atoms with E-state index in [2.05, 4.69) is 35.7 Å². The Labute approximate surface area is 132 Å². The molecule has 2 rings (SSSR count). The molecule has 4 nitrogen and oxygen atoms in total. The lowest BCUT2D eigenvalue weighted by Gasteiger charge is -2.27. The number of nitrogens with one attached hydrogen (secondary N) is 1. The van der Waals surface area contributed by atoms with Crippen molar-refractivity contribution < 1.29 is 9.53 Å². The van der Waals surface area contributed by atoms with Crippen LogP contribution >= 0.6 is 0 Å². The van der Waals surface area contributed by atoms with Crippen molar-refractivity contribution in [2.45, 2.75) is 51.0 Å². The molecular formula is C18H24N2O2. The molecule has 0 radical (unpaired) electrons. The van der Waals surface area contributed by atoms with Crippen LogP contribution in [-0.2, 0) is 9.53 Å². The maximum atomic E-state index is 11.3. The molecule has 1 aromatic carbocycles. The topological polar surface area (TPSA) is 62.1 Å². The number of ether oxygens (including phenoxy) is 1. The minimum Gasteiger partial charge on any atom is -0.469 e. The molecule has 0 saturated heterocycles. The first kappa shape index (κ1) is 16.4. The van der Waals surface area contributed by atoms with E-state index in [1.54, 1.807) is 0 Å². The molecule has 1 aromatic rings. The number of carbonyl (C=O) groups is 1. The van der Waals surface area contributed by atoms with Gasteiger partial charge in [0.2, 0.25) is 0 Å². The lowest BCUT2D eigenvalue weighted by atomic mass is 9.86. The van der Waals surface area contributed by atoms with E-state index >= 15 is 0 Å². The van der Waals surface area contributed by atoms with Gasteiger partial charge in [0, 0.05) is 17.6 Å². The van der Waals surface area contributed by atoms with Crippen LogP contribution in [0.25, 0.3) is 0 Å². The summed E-state index contributed by atoms with van der Waals surface area (Å²) in [5.74, 6) is 0.157. The first-order chi connectivity index (χ1) is 10.6. The van der Waals surface area contributed by atoms with Crippen molar-refractivity contribution in [3.05, 3.63) is 29.8 Å². The second kappa shape index (κ2) is 7.84. The van der Waals surface area contributed by atoms with Crippen LogP contribution < -0.4 is 5.32 Å². The van der Waals surface area contributed by atoms with Crippen LogP contribution in [0.1, 0.15) is 50.5 Å². The zero-order chi connectivity index (χ0) is 15.9. The summed E-state index contributed by atoms with van der Waals surface area (Å²) in [5.41, 5.74) is 2.21. The number of anilines is 1. The first-order valence-corrected chi connectivity index (χ1v) is 7.95. The van der Waals surface area contributed by atoms with Gasteiger partial charge >= 0.3 is 5.97 Å². The summed E-state index contributed by atoms with van der Waals surface area (Å²) in [4.78, 5) is 11.3. The number of carbonyl (C=O) groups excluding carboxylic acids is 1. The lowest BCUT2D eigenvalue weighted by Crippen LogP contribution is -2.26. The number of hydrogen-bond donors (Lipinski definition) is 1. The number of methoxy groups -OCH3 is 1. The van der Waals surface area contributed by atoms with Crippen LogP contribution in [0.4, 0.5) is 5.69 Å². The zero-order valence-electron chi connectivity index (χ0n) is 13.3. The van der Waals surface area contributed by atoms with Gasteiger partial charge in [-0.1, -0.05) is 25.5 Å². The molecule has 3 unspecified atom stereocenters. The molecule has 4 heteroatoms. The number of esters is 1. The van der Waals surface area contributed by atoms with E-state index < -0.39 is 0 Å². The standard InChI is InChI=1S/C18H24N2O2/c1-13(10-18(21)22-2)15-6-8-16(9-7-15)20-17-5-3-4-14(11-17)12-19/h6-9,13-14,17,20H,3-5,10-11H2,1-2H3. The van der Waals surface area contributed by atoms with Crippen molar-refractivity contribution in [3.8, 4) is 6.07 Å². The normalized spacial score (nSPS) is 22.4. The number of benzene rings is 1. The molecule has 1 saturated carbocycles. The third-order valence-electron chi connectivity index (χ3n) is 4.41. The summed E-state index contributed by atoms with van der Waals surface area (Å²) in [6.45, 7) is 2.03. The second-order valence-electron chi connectivity index (χ2n) is 6.14. The quantitative estimate of drug-likeness (QED) is 0.839. The van der Waals surface area contributed by atoms with E-state index in [1.807, 2.05) is 6.92 Å². The summed E-state index contributed by atoms with van der Waals surface area (Å²) < 4.78 is 4.71. The fourth-order valence-electron chi connectivity index (χ4n) is 3.03. The minimum absolute atomic E-state index is 0.152. The van der Waals surface area contributed by atoms with Gasteiger partial charge in [0.25, 0.3) is 0 Å². The Bertz CT molecular complexity index is 533.